The second kappa shape index (κ2) is 3.28. The van der Waals surface area contributed by atoms with Crippen molar-refractivity contribution in [3.63, 3.8) is 0 Å². The molecule has 0 bridgehead atoms. The Morgan fingerprint density at radius 3 is 2.61 bits per heavy atom. The average Bonchev–Trinajstić information content (AvgIpc) is 2.76. The number of H-pyrrole nitrogens is 1. The molecule has 0 spiro atoms. The number of aromatic amines is 1. The molecule has 0 saturated carbocycles. The van der Waals surface area contributed by atoms with E-state index in [0.717, 1.165) is 5.56 Å². The van der Waals surface area contributed by atoms with Gasteiger partial charge in [-0.3, -0.25) is 5.10 Å². The van der Waals surface area contributed by atoms with E-state index in [-0.39, 0.29) is 5.56 Å². The number of imidazole rings is 1. The van der Waals surface area contributed by atoms with Crippen LogP contribution < -0.4 is 0 Å². The molecule has 3 rings (SSSR count). The van der Waals surface area contributed by atoms with Gasteiger partial charge in [-0.1, -0.05) is 6.07 Å². The summed E-state index contributed by atoms with van der Waals surface area (Å²) in [5.41, 5.74) is 2.02. The third kappa shape index (κ3) is 1.41. The number of hydrogen-bond donors (Lipinski definition) is 1. The molecule has 0 aliphatic carbocycles. The molecule has 3 nitrogen and oxygen atoms in total. The summed E-state index contributed by atoms with van der Waals surface area (Å²) in [7, 11) is 0. The van der Waals surface area contributed by atoms with E-state index < -0.39 is 11.9 Å². The molecule has 0 aliphatic heterocycles. The first kappa shape index (κ1) is 11.1. The maximum Gasteiger partial charge on any atom is 0.433 e. The number of benzene rings is 1. The molecule has 1 aromatic carbocycles. The van der Waals surface area contributed by atoms with Crippen LogP contribution in [0.2, 0.25) is 0 Å². The smallest absolute Gasteiger partial charge is 0.287 e. The molecule has 2 heterocycles. The molecule has 0 atom stereocenters. The van der Waals surface area contributed by atoms with E-state index in [0.29, 0.717) is 16.7 Å². The molecule has 0 aliphatic rings. The van der Waals surface area contributed by atoms with Crippen LogP contribution in [-0.2, 0) is 6.18 Å². The molecule has 94 valence electrons. The van der Waals surface area contributed by atoms with Crippen molar-refractivity contribution in [1.82, 2.24) is 14.6 Å². The Hall–Kier alpha value is -1.98. The fourth-order valence-corrected chi connectivity index (χ4v) is 2.13. The number of nitrogens with one attached hydrogen (secondary N) is 1. The molecule has 6 heteroatoms. The monoisotopic (exact) mass is 253 g/mol. The highest BCUT2D eigenvalue weighted by atomic mass is 19.4. The van der Waals surface area contributed by atoms with Crippen molar-refractivity contribution >= 4 is 16.7 Å². The lowest BCUT2D eigenvalue weighted by atomic mass is 10.2. The zero-order valence-corrected chi connectivity index (χ0v) is 9.76. The zero-order valence-electron chi connectivity index (χ0n) is 9.76. The zero-order chi connectivity index (χ0) is 13.1. The van der Waals surface area contributed by atoms with Gasteiger partial charge in [0.2, 0.25) is 0 Å². The van der Waals surface area contributed by atoms with Gasteiger partial charge in [0.25, 0.3) is 0 Å². The second-order valence-corrected chi connectivity index (χ2v) is 4.37. The molecule has 0 amide bonds. The van der Waals surface area contributed by atoms with Gasteiger partial charge in [-0.25, -0.2) is 9.50 Å². The van der Waals surface area contributed by atoms with Gasteiger partial charge >= 0.3 is 6.18 Å². The number of rotatable bonds is 0. The summed E-state index contributed by atoms with van der Waals surface area (Å²) in [6, 6.07) is 5.50. The molecule has 0 fully saturated rings. The van der Waals surface area contributed by atoms with E-state index >= 15 is 0 Å². The third-order valence-corrected chi connectivity index (χ3v) is 3.03. The first-order valence-electron chi connectivity index (χ1n) is 5.42. The Balaban J connectivity index is 2.42. The SMILES string of the molecule is Cc1ccc2nc3c(C)c(C(F)(F)F)[nH]n3c2c1. The normalized spacial score (nSPS) is 12.7. The predicted molar refractivity (Wildman–Crippen MR) is 61.5 cm³/mol. The van der Waals surface area contributed by atoms with Crippen LogP contribution in [0.4, 0.5) is 13.2 Å². The third-order valence-electron chi connectivity index (χ3n) is 3.03. The molecule has 3 aromatic rings. The number of alkyl halides is 3. The van der Waals surface area contributed by atoms with Crippen molar-refractivity contribution in [2.24, 2.45) is 0 Å². The number of hydrogen-bond acceptors (Lipinski definition) is 1. The number of halogens is 3. The second-order valence-electron chi connectivity index (χ2n) is 4.37. The lowest BCUT2D eigenvalue weighted by Crippen LogP contribution is -2.07. The Labute approximate surface area is 100 Å². The van der Waals surface area contributed by atoms with Gasteiger partial charge in [0.1, 0.15) is 5.69 Å². The van der Waals surface area contributed by atoms with E-state index in [2.05, 4.69) is 10.1 Å². The van der Waals surface area contributed by atoms with Crippen LogP contribution >= 0.6 is 0 Å². The quantitative estimate of drug-likeness (QED) is 0.654. The van der Waals surface area contributed by atoms with Crippen LogP contribution in [0, 0.1) is 13.8 Å². The minimum absolute atomic E-state index is 0.122. The van der Waals surface area contributed by atoms with E-state index in [1.165, 1.54) is 11.4 Å². The van der Waals surface area contributed by atoms with Crippen molar-refractivity contribution < 1.29 is 13.2 Å². The predicted octanol–water partition coefficient (Wildman–Crippen LogP) is 3.45. The van der Waals surface area contributed by atoms with Crippen LogP contribution in [0.5, 0.6) is 0 Å². The molecule has 2 aromatic heterocycles. The molecular formula is C12H10F3N3. The van der Waals surface area contributed by atoms with Crippen molar-refractivity contribution in [2.75, 3.05) is 0 Å². The topological polar surface area (TPSA) is 33.1 Å². The van der Waals surface area contributed by atoms with E-state index in [1.807, 2.05) is 19.1 Å². The lowest BCUT2D eigenvalue weighted by Gasteiger charge is -2.03. The highest BCUT2D eigenvalue weighted by molar-refractivity contribution is 5.81. The van der Waals surface area contributed by atoms with Crippen LogP contribution in [0.3, 0.4) is 0 Å². The minimum atomic E-state index is -4.39. The first-order valence-corrected chi connectivity index (χ1v) is 5.42. The Kier molecular flexibility index (Phi) is 2.03. The number of aryl methyl sites for hydroxylation is 2. The van der Waals surface area contributed by atoms with E-state index in [4.69, 9.17) is 0 Å². The maximum atomic E-state index is 12.8. The number of nitrogens with zero attached hydrogens (tertiary/aromatic N) is 2. The summed E-state index contributed by atoms with van der Waals surface area (Å²) in [5, 5.41) is 2.38. The van der Waals surface area contributed by atoms with Gasteiger partial charge in [-0.15, -0.1) is 0 Å². The van der Waals surface area contributed by atoms with Gasteiger partial charge in [0, 0.05) is 5.56 Å². The Morgan fingerprint density at radius 2 is 1.94 bits per heavy atom. The van der Waals surface area contributed by atoms with Crippen molar-refractivity contribution in [3.05, 3.63) is 35.0 Å². The Morgan fingerprint density at radius 1 is 1.22 bits per heavy atom. The molecular weight excluding hydrogens is 243 g/mol. The molecule has 0 saturated heterocycles. The average molecular weight is 253 g/mol. The summed E-state index contributed by atoms with van der Waals surface area (Å²) < 4.78 is 39.7. The van der Waals surface area contributed by atoms with Gasteiger partial charge < -0.3 is 0 Å². The molecule has 0 unspecified atom stereocenters. The van der Waals surface area contributed by atoms with Gasteiger partial charge in [0.15, 0.2) is 5.65 Å². The van der Waals surface area contributed by atoms with Crippen LogP contribution in [0.15, 0.2) is 18.2 Å². The maximum absolute atomic E-state index is 12.8. The van der Waals surface area contributed by atoms with Gasteiger partial charge in [0.05, 0.1) is 11.0 Å². The van der Waals surface area contributed by atoms with Crippen molar-refractivity contribution in [1.29, 1.82) is 0 Å². The van der Waals surface area contributed by atoms with Crippen LogP contribution in [-0.4, -0.2) is 14.6 Å². The highest BCUT2D eigenvalue weighted by Gasteiger charge is 2.36. The Bertz CT molecular complexity index is 749. The first-order chi connectivity index (χ1) is 8.38. The van der Waals surface area contributed by atoms with E-state index in [9.17, 15) is 13.2 Å². The molecule has 18 heavy (non-hydrogen) atoms. The summed E-state index contributed by atoms with van der Waals surface area (Å²) >= 11 is 0. The number of aromatic nitrogens is 3. The highest BCUT2D eigenvalue weighted by Crippen LogP contribution is 2.33. The van der Waals surface area contributed by atoms with Crippen molar-refractivity contribution in [3.8, 4) is 0 Å². The summed E-state index contributed by atoms with van der Waals surface area (Å²) in [6.45, 7) is 3.31. The fourth-order valence-electron chi connectivity index (χ4n) is 2.13. The van der Waals surface area contributed by atoms with Gasteiger partial charge in [-0.2, -0.15) is 13.2 Å². The fraction of sp³-hybridized carbons (Fsp3) is 0.250. The van der Waals surface area contributed by atoms with Crippen LogP contribution in [0.25, 0.3) is 16.7 Å². The summed E-state index contributed by atoms with van der Waals surface area (Å²) in [4.78, 5) is 4.22. The largest absolute Gasteiger partial charge is 0.433 e. The lowest BCUT2D eigenvalue weighted by molar-refractivity contribution is -0.141. The van der Waals surface area contributed by atoms with Crippen LogP contribution in [0.1, 0.15) is 16.8 Å². The van der Waals surface area contributed by atoms with Crippen molar-refractivity contribution in [2.45, 2.75) is 20.0 Å². The minimum Gasteiger partial charge on any atom is -0.287 e. The molecule has 0 radical (unpaired) electrons. The van der Waals surface area contributed by atoms with E-state index in [1.54, 1.807) is 6.07 Å². The number of fused-ring (bicyclic) bond motifs is 3. The summed E-state index contributed by atoms with van der Waals surface area (Å²) in [6.07, 6.45) is -4.39. The molecule has 1 N–H and O–H groups in total. The van der Waals surface area contributed by atoms with Gasteiger partial charge in [-0.05, 0) is 31.5 Å². The standard InChI is InChI=1S/C12H10F3N3/c1-6-3-4-8-9(5-6)18-11(16-8)7(2)10(17-18)12(13,14)15/h3-5,17H,1-2H3. The summed E-state index contributed by atoms with van der Waals surface area (Å²) in [5.74, 6) is 0.